The van der Waals surface area contributed by atoms with Crippen LogP contribution in [0.3, 0.4) is 0 Å². The predicted molar refractivity (Wildman–Crippen MR) is 139 cm³/mol. The molecule has 2 fully saturated rings. The molecule has 10 nitrogen and oxygen atoms in total. The lowest BCUT2D eigenvalue weighted by Gasteiger charge is -2.34. The molecule has 0 saturated carbocycles. The Morgan fingerprint density at radius 1 is 1.30 bits per heavy atom. The molecule has 7 atom stereocenters. The summed E-state index contributed by atoms with van der Waals surface area (Å²) in [5.74, 6) is -1.65. The van der Waals surface area contributed by atoms with E-state index in [1.54, 1.807) is 20.8 Å². The fraction of sp³-hybridized carbons (Fsp3) is 0.731. The number of carbonyl (C=O) groups is 2. The van der Waals surface area contributed by atoms with Crippen molar-refractivity contribution in [3.8, 4) is 0 Å². The van der Waals surface area contributed by atoms with Crippen LogP contribution in [0.4, 0.5) is 0 Å². The molecule has 0 aromatic carbocycles. The van der Waals surface area contributed by atoms with Gasteiger partial charge in [0.25, 0.3) is 0 Å². The second kappa shape index (κ2) is 12.5. The second-order valence-corrected chi connectivity index (χ2v) is 11.8. The summed E-state index contributed by atoms with van der Waals surface area (Å²) in [5.41, 5.74) is 8.74. The highest BCUT2D eigenvalue weighted by Crippen LogP contribution is 2.36. The van der Waals surface area contributed by atoms with Crippen molar-refractivity contribution in [2.45, 2.75) is 104 Å². The van der Waals surface area contributed by atoms with Gasteiger partial charge in [0.2, 0.25) is 0 Å². The Hall–Kier alpha value is -2.30. The summed E-state index contributed by atoms with van der Waals surface area (Å²) in [7, 11) is 0. The molecule has 7 unspecified atom stereocenters. The van der Waals surface area contributed by atoms with E-state index >= 15 is 0 Å². The molecule has 0 amide bonds. The molecule has 37 heavy (non-hydrogen) atoms. The normalized spacial score (nSPS) is 33.7. The van der Waals surface area contributed by atoms with Gasteiger partial charge in [-0.1, -0.05) is 39.2 Å². The van der Waals surface area contributed by atoms with E-state index in [0.29, 0.717) is 17.1 Å². The van der Waals surface area contributed by atoms with E-state index in [-0.39, 0.29) is 36.9 Å². The number of esters is 1. The largest absolute Gasteiger partial charge is 0.458 e. The molecule has 3 heterocycles. The van der Waals surface area contributed by atoms with Gasteiger partial charge in [0.15, 0.2) is 0 Å². The van der Waals surface area contributed by atoms with Crippen molar-refractivity contribution in [3.63, 3.8) is 0 Å². The van der Waals surface area contributed by atoms with Crippen LogP contribution in [0.1, 0.15) is 77.4 Å². The number of ether oxygens (including phenoxy) is 2. The molecule has 2 N–H and O–H groups in total. The van der Waals surface area contributed by atoms with Gasteiger partial charge < -0.3 is 19.7 Å². The molecule has 0 spiro atoms. The van der Waals surface area contributed by atoms with Gasteiger partial charge in [0.05, 0.1) is 53.5 Å². The Morgan fingerprint density at radius 3 is 2.73 bits per heavy atom. The summed E-state index contributed by atoms with van der Waals surface area (Å²) >= 11 is 1.38. The third kappa shape index (κ3) is 7.61. The summed E-state index contributed by atoms with van der Waals surface area (Å²) in [5, 5.41) is 27.7. The molecular weight excluding hydrogens is 496 g/mol. The van der Waals surface area contributed by atoms with E-state index in [1.165, 1.54) is 11.3 Å². The molecule has 0 aliphatic carbocycles. The van der Waals surface area contributed by atoms with Crippen LogP contribution in [0.25, 0.3) is 16.5 Å². The number of aromatic nitrogens is 1. The molecule has 3 rings (SSSR count). The van der Waals surface area contributed by atoms with Crippen LogP contribution in [0, 0.1) is 17.3 Å². The van der Waals surface area contributed by atoms with Crippen molar-refractivity contribution in [3.05, 3.63) is 32.1 Å². The first-order valence-electron chi connectivity index (χ1n) is 12.8. The van der Waals surface area contributed by atoms with E-state index in [9.17, 15) is 19.8 Å². The van der Waals surface area contributed by atoms with E-state index in [0.717, 1.165) is 24.8 Å². The Bertz CT molecular complexity index is 1050. The summed E-state index contributed by atoms with van der Waals surface area (Å²) in [6, 6.07) is 0. The molecule has 2 aliphatic rings. The quantitative estimate of drug-likeness (QED) is 0.188. The zero-order valence-corrected chi connectivity index (χ0v) is 23.0. The molecule has 0 bridgehead atoms. The minimum Gasteiger partial charge on any atom is -0.458 e. The second-order valence-electron chi connectivity index (χ2n) is 10.9. The monoisotopic (exact) mass is 534 g/mol. The highest BCUT2D eigenvalue weighted by molar-refractivity contribution is 7.09. The lowest BCUT2D eigenvalue weighted by atomic mass is 9.73. The smallest absolute Gasteiger partial charge is 0.309 e. The maximum atomic E-state index is 13.2. The molecule has 2 aliphatic heterocycles. The first kappa shape index (κ1) is 29.3. The Balaban J connectivity index is 1.81. The van der Waals surface area contributed by atoms with Crippen molar-refractivity contribution in [2.24, 2.45) is 22.4 Å². The fourth-order valence-electron chi connectivity index (χ4n) is 4.89. The number of hydrogen-bond donors (Lipinski definition) is 2. The fourth-order valence-corrected chi connectivity index (χ4v) is 5.56. The lowest BCUT2D eigenvalue weighted by molar-refractivity contribution is -0.154. The number of azide groups is 1. The summed E-state index contributed by atoms with van der Waals surface area (Å²) in [4.78, 5) is 33.3. The first-order valence-corrected chi connectivity index (χ1v) is 13.7. The van der Waals surface area contributed by atoms with Crippen LogP contribution >= 0.6 is 11.3 Å². The molecule has 1 aromatic heterocycles. The molecule has 11 heteroatoms. The molecule has 1 aromatic rings. The third-order valence-corrected chi connectivity index (χ3v) is 8.47. The van der Waals surface area contributed by atoms with Gasteiger partial charge in [-0.2, -0.15) is 0 Å². The van der Waals surface area contributed by atoms with E-state index in [1.807, 2.05) is 25.3 Å². The number of nitrogens with zero attached hydrogens (tertiary/aromatic N) is 4. The third-order valence-electron chi connectivity index (χ3n) is 7.61. The van der Waals surface area contributed by atoms with E-state index in [4.69, 9.17) is 15.0 Å². The van der Waals surface area contributed by atoms with Gasteiger partial charge in [-0.25, -0.2) is 4.98 Å². The number of fused-ring (bicyclic) bond motifs is 1. The van der Waals surface area contributed by atoms with Gasteiger partial charge >= 0.3 is 5.97 Å². The van der Waals surface area contributed by atoms with E-state index in [2.05, 4.69) is 15.0 Å². The Labute approximate surface area is 221 Å². The van der Waals surface area contributed by atoms with Crippen LogP contribution in [0.15, 0.2) is 16.1 Å². The number of Topliss-reactive ketones (excluding diaryl/α,β-unsaturated/α-hetero) is 1. The van der Waals surface area contributed by atoms with Crippen LogP contribution in [0.2, 0.25) is 0 Å². The Kier molecular flexibility index (Phi) is 9.88. The van der Waals surface area contributed by atoms with Crippen molar-refractivity contribution >= 4 is 29.2 Å². The highest BCUT2D eigenvalue weighted by Gasteiger charge is 2.44. The SMILES string of the molecule is CC(=Cc1csc(CN=[N+]=[N-])n1)C1CC2OC2CCCC(C)C(O)C(C)C(=O)C(C)(C)C(O)CC(=O)O1. The minimum absolute atomic E-state index is 0.0490. The average molecular weight is 535 g/mol. The van der Waals surface area contributed by atoms with Crippen LogP contribution in [-0.4, -0.2) is 57.5 Å². The van der Waals surface area contributed by atoms with Crippen molar-refractivity contribution in [2.75, 3.05) is 0 Å². The zero-order valence-electron chi connectivity index (χ0n) is 22.2. The van der Waals surface area contributed by atoms with Gasteiger partial charge in [0, 0.05) is 22.6 Å². The van der Waals surface area contributed by atoms with Gasteiger partial charge in [-0.15, -0.1) is 11.3 Å². The number of rotatable bonds is 4. The predicted octanol–water partition coefficient (Wildman–Crippen LogP) is 4.59. The molecule has 204 valence electrons. The van der Waals surface area contributed by atoms with Gasteiger partial charge in [0.1, 0.15) is 11.9 Å². The van der Waals surface area contributed by atoms with E-state index < -0.39 is 35.6 Å². The number of cyclic esters (lactones) is 1. The van der Waals surface area contributed by atoms with Crippen LogP contribution in [-0.2, 0) is 25.6 Å². The number of ketones is 1. The van der Waals surface area contributed by atoms with Crippen molar-refractivity contribution < 1.29 is 29.3 Å². The zero-order chi connectivity index (χ0) is 27.3. The standard InChI is InChI=1S/C26H38N4O6S/c1-14-7-6-8-18-20(35-18)10-19(15(2)9-17-13-37-22(29-17)12-28-30-27)36-23(32)11-21(31)26(4,5)25(34)16(3)24(14)33/h9,13-14,16,18-21,24,31,33H,6-8,10-12H2,1-5H3. The number of aliphatic hydroxyl groups excluding tert-OH is 2. The summed E-state index contributed by atoms with van der Waals surface area (Å²) in [6.45, 7) is 8.85. The minimum atomic E-state index is -1.26. The summed E-state index contributed by atoms with van der Waals surface area (Å²) in [6.07, 6.45) is 1.73. The maximum Gasteiger partial charge on any atom is 0.309 e. The van der Waals surface area contributed by atoms with Crippen LogP contribution in [0.5, 0.6) is 0 Å². The number of carbonyl (C=O) groups excluding carboxylic acids is 2. The first-order chi connectivity index (χ1) is 17.4. The van der Waals surface area contributed by atoms with Crippen molar-refractivity contribution in [1.82, 2.24) is 4.98 Å². The number of hydrogen-bond acceptors (Lipinski definition) is 9. The molecular formula is C26H38N4O6S. The number of epoxide rings is 1. The van der Waals surface area contributed by atoms with Crippen LogP contribution < -0.4 is 0 Å². The van der Waals surface area contributed by atoms with Gasteiger partial charge in [-0.05, 0) is 42.9 Å². The topological polar surface area (TPSA) is 158 Å². The maximum absolute atomic E-state index is 13.2. The van der Waals surface area contributed by atoms with Crippen molar-refractivity contribution in [1.29, 1.82) is 0 Å². The molecule has 0 radical (unpaired) electrons. The summed E-state index contributed by atoms with van der Waals surface area (Å²) < 4.78 is 11.7. The highest BCUT2D eigenvalue weighted by atomic mass is 32.1. The lowest BCUT2D eigenvalue weighted by Crippen LogP contribution is -2.45. The molecule has 2 saturated heterocycles. The average Bonchev–Trinajstić information content (AvgIpc) is 3.43. The number of thiazole rings is 1. The van der Waals surface area contributed by atoms with Gasteiger partial charge in [-0.3, -0.25) is 9.59 Å². The number of aliphatic hydroxyl groups is 2. The Morgan fingerprint density at radius 2 is 2.03 bits per heavy atom.